The lowest BCUT2D eigenvalue weighted by Gasteiger charge is -2.22. The maximum absolute atomic E-state index is 12.5. The Labute approximate surface area is 135 Å². The molecule has 2 aliphatic rings. The van der Waals surface area contributed by atoms with Gasteiger partial charge in [-0.05, 0) is 49.9 Å². The lowest BCUT2D eigenvalue weighted by atomic mass is 10.1. The van der Waals surface area contributed by atoms with Crippen LogP contribution in [0.2, 0.25) is 0 Å². The first kappa shape index (κ1) is 15.8. The van der Waals surface area contributed by atoms with Crippen LogP contribution < -0.4 is 10.5 Å². The number of primary amides is 1. The second-order valence-electron chi connectivity index (χ2n) is 6.03. The van der Waals surface area contributed by atoms with E-state index in [1.54, 1.807) is 29.2 Å². The molecule has 124 valence electrons. The molecule has 2 saturated heterocycles. The van der Waals surface area contributed by atoms with Crippen LogP contribution in [0, 0.1) is 0 Å². The van der Waals surface area contributed by atoms with Gasteiger partial charge >= 0.3 is 0 Å². The molecule has 23 heavy (non-hydrogen) atoms. The highest BCUT2D eigenvalue weighted by atomic mass is 16.5. The fraction of sp³-hybridized carbons (Fsp3) is 0.529. The van der Waals surface area contributed by atoms with Crippen molar-refractivity contribution in [1.29, 1.82) is 0 Å². The van der Waals surface area contributed by atoms with E-state index >= 15 is 0 Å². The number of likely N-dealkylation sites (tertiary alicyclic amines) is 1. The predicted octanol–water partition coefficient (Wildman–Crippen LogP) is 1.33. The summed E-state index contributed by atoms with van der Waals surface area (Å²) in [7, 11) is 0. The summed E-state index contributed by atoms with van der Waals surface area (Å²) >= 11 is 0. The summed E-state index contributed by atoms with van der Waals surface area (Å²) in [5.41, 5.74) is 5.91. The average Bonchev–Trinajstić information content (AvgIpc) is 3.24. The predicted molar refractivity (Wildman–Crippen MR) is 84.2 cm³/mol. The second-order valence-corrected chi connectivity index (χ2v) is 6.03. The quantitative estimate of drug-likeness (QED) is 0.888. The number of hydrogen-bond donors (Lipinski definition) is 1. The van der Waals surface area contributed by atoms with Gasteiger partial charge in [0.25, 0.3) is 5.91 Å². The van der Waals surface area contributed by atoms with Gasteiger partial charge in [0.2, 0.25) is 5.91 Å². The van der Waals surface area contributed by atoms with E-state index in [2.05, 4.69) is 0 Å². The third-order valence-corrected chi connectivity index (χ3v) is 4.40. The topological polar surface area (TPSA) is 81.9 Å². The smallest absolute Gasteiger partial charge is 0.254 e. The zero-order chi connectivity index (χ0) is 16.2. The number of nitrogens with zero attached hydrogens (tertiary/aromatic N) is 1. The molecule has 1 aromatic carbocycles. The molecule has 2 fully saturated rings. The monoisotopic (exact) mass is 318 g/mol. The Morgan fingerprint density at radius 3 is 2.65 bits per heavy atom. The molecule has 0 aromatic heterocycles. The Morgan fingerprint density at radius 1 is 1.22 bits per heavy atom. The summed E-state index contributed by atoms with van der Waals surface area (Å²) < 4.78 is 11.2. The average molecular weight is 318 g/mol. The second kappa shape index (κ2) is 7.00. The van der Waals surface area contributed by atoms with Crippen LogP contribution in [-0.2, 0) is 9.53 Å². The molecule has 6 nitrogen and oxygen atoms in total. The van der Waals surface area contributed by atoms with Crippen molar-refractivity contribution in [3.63, 3.8) is 0 Å². The first-order chi connectivity index (χ1) is 11.1. The highest BCUT2D eigenvalue weighted by molar-refractivity contribution is 5.97. The van der Waals surface area contributed by atoms with Crippen LogP contribution in [0.15, 0.2) is 24.3 Å². The van der Waals surface area contributed by atoms with Crippen molar-refractivity contribution >= 4 is 11.8 Å². The Bertz CT molecular complexity index is 566. The summed E-state index contributed by atoms with van der Waals surface area (Å²) in [6.45, 7) is 1.91. The molecule has 0 aliphatic carbocycles. The number of hydrogen-bond acceptors (Lipinski definition) is 4. The fourth-order valence-corrected chi connectivity index (χ4v) is 3.13. The minimum atomic E-state index is -0.488. The van der Waals surface area contributed by atoms with Crippen molar-refractivity contribution in [3.05, 3.63) is 29.8 Å². The summed E-state index contributed by atoms with van der Waals surface area (Å²) in [6.07, 6.45) is 3.72. The van der Waals surface area contributed by atoms with Crippen molar-refractivity contribution in [1.82, 2.24) is 4.90 Å². The minimum absolute atomic E-state index is 0.156. The van der Waals surface area contributed by atoms with Gasteiger partial charge < -0.3 is 20.1 Å². The zero-order valence-corrected chi connectivity index (χ0v) is 13.1. The van der Waals surface area contributed by atoms with Crippen LogP contribution in [0.25, 0.3) is 0 Å². The summed E-state index contributed by atoms with van der Waals surface area (Å²) in [4.78, 5) is 25.5. The van der Waals surface area contributed by atoms with E-state index in [0.717, 1.165) is 25.9 Å². The lowest BCUT2D eigenvalue weighted by Crippen LogP contribution is -2.43. The van der Waals surface area contributed by atoms with E-state index in [9.17, 15) is 9.59 Å². The molecule has 0 bridgehead atoms. The number of carbonyl (C=O) groups is 2. The fourth-order valence-electron chi connectivity index (χ4n) is 3.13. The molecule has 3 rings (SSSR count). The number of amides is 2. The van der Waals surface area contributed by atoms with Gasteiger partial charge in [0.05, 0.1) is 6.10 Å². The number of benzene rings is 1. The van der Waals surface area contributed by atoms with Crippen LogP contribution in [0.4, 0.5) is 0 Å². The van der Waals surface area contributed by atoms with E-state index in [4.69, 9.17) is 15.2 Å². The highest BCUT2D eigenvalue weighted by Crippen LogP contribution is 2.22. The van der Waals surface area contributed by atoms with Gasteiger partial charge in [-0.2, -0.15) is 0 Å². The van der Waals surface area contributed by atoms with E-state index in [1.807, 2.05) is 0 Å². The Hall–Kier alpha value is -2.08. The molecule has 0 saturated carbocycles. The largest absolute Gasteiger partial charge is 0.491 e. The Morgan fingerprint density at radius 2 is 2.00 bits per heavy atom. The third-order valence-electron chi connectivity index (χ3n) is 4.40. The van der Waals surface area contributed by atoms with Crippen molar-refractivity contribution < 1.29 is 19.1 Å². The highest BCUT2D eigenvalue weighted by Gasteiger charge is 2.33. The standard InChI is InChI=1S/C17H22N2O4/c18-16(20)15-4-1-9-19(15)17(21)12-5-7-13(8-6-12)23-11-14-3-2-10-22-14/h5-8,14-15H,1-4,9-11H2,(H2,18,20)/t14-,15+/m1/s1. The van der Waals surface area contributed by atoms with Crippen LogP contribution >= 0.6 is 0 Å². The van der Waals surface area contributed by atoms with Gasteiger partial charge in [0.1, 0.15) is 18.4 Å². The summed E-state index contributed by atoms with van der Waals surface area (Å²) in [6, 6.07) is 6.51. The van der Waals surface area contributed by atoms with E-state index in [0.29, 0.717) is 30.9 Å². The number of ether oxygens (including phenoxy) is 2. The number of rotatable bonds is 5. The van der Waals surface area contributed by atoms with Gasteiger partial charge in [-0.15, -0.1) is 0 Å². The van der Waals surface area contributed by atoms with Crippen molar-refractivity contribution in [2.24, 2.45) is 5.73 Å². The lowest BCUT2D eigenvalue weighted by molar-refractivity contribution is -0.121. The van der Waals surface area contributed by atoms with Crippen molar-refractivity contribution in [2.45, 2.75) is 37.8 Å². The van der Waals surface area contributed by atoms with E-state index in [1.165, 1.54) is 0 Å². The molecule has 2 aliphatic heterocycles. The first-order valence-corrected chi connectivity index (χ1v) is 8.10. The van der Waals surface area contributed by atoms with E-state index < -0.39 is 11.9 Å². The maximum atomic E-state index is 12.5. The molecule has 2 N–H and O–H groups in total. The Balaban J connectivity index is 1.59. The number of carbonyl (C=O) groups excluding carboxylic acids is 2. The molecule has 1 aromatic rings. The van der Waals surface area contributed by atoms with Crippen LogP contribution in [0.5, 0.6) is 5.75 Å². The zero-order valence-electron chi connectivity index (χ0n) is 13.1. The Kier molecular flexibility index (Phi) is 4.81. The number of nitrogens with two attached hydrogens (primary N) is 1. The van der Waals surface area contributed by atoms with Crippen molar-refractivity contribution in [3.8, 4) is 5.75 Å². The summed E-state index contributed by atoms with van der Waals surface area (Å²) in [5.74, 6) is 0.120. The molecule has 0 unspecified atom stereocenters. The van der Waals surface area contributed by atoms with Crippen LogP contribution in [0.3, 0.4) is 0 Å². The normalized spacial score (nSPS) is 23.9. The molecule has 6 heteroatoms. The summed E-state index contributed by atoms with van der Waals surface area (Å²) in [5, 5.41) is 0. The SMILES string of the molecule is NC(=O)[C@@H]1CCCN1C(=O)c1ccc(OC[C@H]2CCCO2)cc1. The molecular formula is C17H22N2O4. The van der Waals surface area contributed by atoms with Crippen molar-refractivity contribution in [2.75, 3.05) is 19.8 Å². The molecule has 2 heterocycles. The third kappa shape index (κ3) is 3.64. The molecule has 2 amide bonds. The molecule has 0 spiro atoms. The van der Waals surface area contributed by atoms with Crippen LogP contribution in [0.1, 0.15) is 36.0 Å². The molecular weight excluding hydrogens is 296 g/mol. The van der Waals surface area contributed by atoms with Crippen LogP contribution in [-0.4, -0.2) is 48.6 Å². The van der Waals surface area contributed by atoms with Gasteiger partial charge in [0, 0.05) is 18.7 Å². The van der Waals surface area contributed by atoms with E-state index in [-0.39, 0.29) is 12.0 Å². The van der Waals surface area contributed by atoms with Gasteiger partial charge in [0.15, 0.2) is 0 Å². The maximum Gasteiger partial charge on any atom is 0.254 e. The first-order valence-electron chi connectivity index (χ1n) is 8.10. The van der Waals surface area contributed by atoms with Gasteiger partial charge in [-0.3, -0.25) is 9.59 Å². The molecule has 2 atom stereocenters. The van der Waals surface area contributed by atoms with Gasteiger partial charge in [-0.25, -0.2) is 0 Å². The van der Waals surface area contributed by atoms with Gasteiger partial charge in [-0.1, -0.05) is 0 Å². The molecule has 0 radical (unpaired) electrons. The minimum Gasteiger partial charge on any atom is -0.491 e.